The highest BCUT2D eigenvalue weighted by atomic mass is 19.4. The van der Waals surface area contributed by atoms with Crippen LogP contribution < -0.4 is 5.32 Å². The van der Waals surface area contributed by atoms with Gasteiger partial charge in [0.15, 0.2) is 0 Å². The van der Waals surface area contributed by atoms with Crippen LogP contribution in [0.5, 0.6) is 0 Å². The number of nitrogens with zero attached hydrogens (tertiary/aromatic N) is 1. The first-order valence-corrected chi connectivity index (χ1v) is 6.69. The van der Waals surface area contributed by atoms with Crippen molar-refractivity contribution in [2.24, 2.45) is 5.92 Å². The number of hydrogen-bond acceptors (Lipinski definition) is 2. The predicted octanol–water partition coefficient (Wildman–Crippen LogP) is 2.94. The van der Waals surface area contributed by atoms with Gasteiger partial charge in [-0.1, -0.05) is 19.1 Å². The van der Waals surface area contributed by atoms with Gasteiger partial charge in [-0.05, 0) is 24.5 Å². The smallest absolute Gasteiger partial charge is 0.393 e. The van der Waals surface area contributed by atoms with Crippen molar-refractivity contribution in [3.05, 3.63) is 29.8 Å². The third-order valence-electron chi connectivity index (χ3n) is 3.62. The minimum Gasteiger partial charge on any atom is -0.393 e. The minimum atomic E-state index is -4.52. The van der Waals surface area contributed by atoms with Crippen LogP contribution in [0.2, 0.25) is 0 Å². The zero-order valence-corrected chi connectivity index (χ0v) is 11.5. The van der Waals surface area contributed by atoms with E-state index in [9.17, 15) is 23.1 Å². The fraction of sp³-hybridized carbons (Fsp3) is 0.500. The summed E-state index contributed by atoms with van der Waals surface area (Å²) in [6, 6.07) is 4.29. The van der Waals surface area contributed by atoms with E-state index in [1.807, 2.05) is 0 Å². The first kappa shape index (κ1) is 15.6. The lowest BCUT2D eigenvalue weighted by Crippen LogP contribution is -2.46. The van der Waals surface area contributed by atoms with Gasteiger partial charge in [0.1, 0.15) is 0 Å². The Kier molecular flexibility index (Phi) is 4.41. The van der Waals surface area contributed by atoms with Crippen molar-refractivity contribution in [2.45, 2.75) is 25.6 Å². The summed E-state index contributed by atoms with van der Waals surface area (Å²) in [6.45, 7) is 2.44. The van der Waals surface area contributed by atoms with Crippen molar-refractivity contribution in [2.75, 3.05) is 18.4 Å². The van der Waals surface area contributed by atoms with Gasteiger partial charge in [-0.25, -0.2) is 4.79 Å². The van der Waals surface area contributed by atoms with E-state index >= 15 is 0 Å². The molecule has 7 heteroatoms. The lowest BCUT2D eigenvalue weighted by molar-refractivity contribution is -0.136. The van der Waals surface area contributed by atoms with Crippen LogP contribution in [0, 0.1) is 5.92 Å². The number of para-hydroxylation sites is 1. The summed E-state index contributed by atoms with van der Waals surface area (Å²) >= 11 is 0. The highest BCUT2D eigenvalue weighted by Gasteiger charge is 2.34. The van der Waals surface area contributed by atoms with Crippen LogP contribution >= 0.6 is 0 Å². The summed E-state index contributed by atoms with van der Waals surface area (Å²) in [5, 5.41) is 11.9. The first-order valence-electron chi connectivity index (χ1n) is 6.69. The van der Waals surface area contributed by atoms with Crippen molar-refractivity contribution in [3.63, 3.8) is 0 Å². The molecule has 2 N–H and O–H groups in total. The summed E-state index contributed by atoms with van der Waals surface area (Å²) in [4.78, 5) is 13.5. The molecule has 2 atom stereocenters. The number of piperidine rings is 1. The Hall–Kier alpha value is -1.76. The number of carbonyl (C=O) groups is 1. The number of aliphatic hydroxyl groups excluding tert-OH is 1. The number of alkyl halides is 3. The molecule has 2 unspecified atom stereocenters. The number of urea groups is 1. The molecule has 1 aliphatic heterocycles. The maximum atomic E-state index is 12.9. The van der Waals surface area contributed by atoms with Crippen molar-refractivity contribution in [3.8, 4) is 0 Å². The Morgan fingerprint density at radius 1 is 1.38 bits per heavy atom. The highest BCUT2D eigenvalue weighted by molar-refractivity contribution is 5.90. The van der Waals surface area contributed by atoms with E-state index in [1.165, 1.54) is 23.1 Å². The predicted molar refractivity (Wildman–Crippen MR) is 71.8 cm³/mol. The number of aliphatic hydroxyl groups is 1. The monoisotopic (exact) mass is 302 g/mol. The maximum absolute atomic E-state index is 12.9. The molecule has 1 heterocycles. The summed E-state index contributed by atoms with van der Waals surface area (Å²) in [5.74, 6) is -0.0950. The fourth-order valence-electron chi connectivity index (χ4n) is 2.35. The number of nitrogens with one attached hydrogen (secondary N) is 1. The van der Waals surface area contributed by atoms with Gasteiger partial charge in [0, 0.05) is 13.1 Å². The van der Waals surface area contributed by atoms with Gasteiger partial charge in [-0.15, -0.1) is 0 Å². The van der Waals surface area contributed by atoms with Gasteiger partial charge in [0.25, 0.3) is 0 Å². The molecule has 1 fully saturated rings. The zero-order valence-electron chi connectivity index (χ0n) is 11.5. The normalized spacial score (nSPS) is 23.0. The topological polar surface area (TPSA) is 52.6 Å². The zero-order chi connectivity index (χ0) is 15.6. The number of carbonyl (C=O) groups excluding carboxylic acids is 1. The molecule has 0 aliphatic carbocycles. The molecule has 4 nitrogen and oxygen atoms in total. The van der Waals surface area contributed by atoms with Crippen LogP contribution in [0.1, 0.15) is 18.9 Å². The van der Waals surface area contributed by atoms with Crippen LogP contribution in [0.25, 0.3) is 0 Å². The quantitative estimate of drug-likeness (QED) is 0.838. The van der Waals surface area contributed by atoms with Gasteiger partial charge in [-0.3, -0.25) is 0 Å². The number of hydrogen-bond donors (Lipinski definition) is 2. The van der Waals surface area contributed by atoms with Crippen molar-refractivity contribution < 1.29 is 23.1 Å². The largest absolute Gasteiger partial charge is 0.418 e. The molecule has 21 heavy (non-hydrogen) atoms. The van der Waals surface area contributed by atoms with Crippen molar-refractivity contribution in [1.29, 1.82) is 0 Å². The summed E-state index contributed by atoms with van der Waals surface area (Å²) in [7, 11) is 0. The Labute approximate surface area is 120 Å². The number of likely N-dealkylation sites (tertiary alicyclic amines) is 1. The summed E-state index contributed by atoms with van der Waals surface area (Å²) < 4.78 is 38.6. The molecule has 2 rings (SSSR count). The average Bonchev–Trinajstić information content (AvgIpc) is 2.41. The second-order valence-corrected chi connectivity index (χ2v) is 5.25. The van der Waals surface area contributed by atoms with Crippen LogP contribution in [0.15, 0.2) is 24.3 Å². The number of anilines is 1. The molecule has 0 radical (unpaired) electrons. The molecule has 2 amide bonds. The van der Waals surface area contributed by atoms with E-state index in [4.69, 9.17) is 0 Å². The fourth-order valence-corrected chi connectivity index (χ4v) is 2.35. The van der Waals surface area contributed by atoms with Crippen LogP contribution in [-0.4, -0.2) is 35.2 Å². The van der Waals surface area contributed by atoms with E-state index in [2.05, 4.69) is 5.32 Å². The summed E-state index contributed by atoms with van der Waals surface area (Å²) in [6.07, 6.45) is -4.57. The molecule has 0 aromatic heterocycles. The average molecular weight is 302 g/mol. The molecule has 0 spiro atoms. The molecular formula is C14H17F3N2O2. The molecule has 0 bridgehead atoms. The molecule has 1 aromatic carbocycles. The van der Waals surface area contributed by atoms with Gasteiger partial charge < -0.3 is 15.3 Å². The molecule has 0 saturated carbocycles. The third kappa shape index (κ3) is 3.66. The van der Waals surface area contributed by atoms with Gasteiger partial charge >= 0.3 is 12.2 Å². The van der Waals surface area contributed by atoms with Gasteiger partial charge in [0.2, 0.25) is 0 Å². The van der Waals surface area contributed by atoms with E-state index in [0.29, 0.717) is 19.5 Å². The Balaban J connectivity index is 2.10. The molecule has 116 valence electrons. The Morgan fingerprint density at radius 3 is 2.67 bits per heavy atom. The van der Waals surface area contributed by atoms with E-state index in [1.54, 1.807) is 6.92 Å². The third-order valence-corrected chi connectivity index (χ3v) is 3.62. The second kappa shape index (κ2) is 5.93. The Morgan fingerprint density at radius 2 is 2.05 bits per heavy atom. The first-order chi connectivity index (χ1) is 9.79. The van der Waals surface area contributed by atoms with Crippen LogP contribution in [0.4, 0.5) is 23.7 Å². The van der Waals surface area contributed by atoms with E-state index in [-0.39, 0.29) is 11.6 Å². The van der Waals surface area contributed by atoms with Gasteiger partial charge in [-0.2, -0.15) is 13.2 Å². The second-order valence-electron chi connectivity index (χ2n) is 5.25. The number of amides is 2. The highest BCUT2D eigenvalue weighted by Crippen LogP contribution is 2.34. The molecule has 1 aromatic rings. The number of rotatable bonds is 1. The molecular weight excluding hydrogens is 285 g/mol. The van der Waals surface area contributed by atoms with Gasteiger partial charge in [0.05, 0.1) is 17.4 Å². The van der Waals surface area contributed by atoms with Crippen LogP contribution in [-0.2, 0) is 6.18 Å². The minimum absolute atomic E-state index is 0.0950. The molecule has 1 aliphatic rings. The van der Waals surface area contributed by atoms with Crippen molar-refractivity contribution in [1.82, 2.24) is 4.90 Å². The maximum Gasteiger partial charge on any atom is 0.418 e. The lowest BCUT2D eigenvalue weighted by atomic mass is 9.97. The Bertz CT molecular complexity index is 519. The van der Waals surface area contributed by atoms with Crippen LogP contribution in [0.3, 0.4) is 0 Å². The van der Waals surface area contributed by atoms with Crippen molar-refractivity contribution >= 4 is 11.7 Å². The standard InChI is InChI=1S/C14H17F3N2O2/c1-9-8-19(7-6-12(9)20)13(21)18-11-5-3-2-4-10(11)14(15,16)17/h2-5,9,12,20H,6-8H2,1H3,(H,18,21). The summed E-state index contributed by atoms with van der Waals surface area (Å²) in [5.41, 5.74) is -1.13. The van der Waals surface area contributed by atoms with E-state index < -0.39 is 23.9 Å². The lowest BCUT2D eigenvalue weighted by Gasteiger charge is -2.34. The van der Waals surface area contributed by atoms with E-state index in [0.717, 1.165) is 6.07 Å². The number of benzene rings is 1. The SMILES string of the molecule is CC1CN(C(=O)Nc2ccccc2C(F)(F)F)CCC1O. The molecule has 1 saturated heterocycles. The number of halogens is 3.